The van der Waals surface area contributed by atoms with E-state index >= 15 is 0 Å². The van der Waals surface area contributed by atoms with E-state index in [2.05, 4.69) is 10.1 Å². The Balaban J connectivity index is 2.40. The van der Waals surface area contributed by atoms with E-state index in [0.717, 1.165) is 11.3 Å². The number of ether oxygens (including phenoxy) is 1. The highest BCUT2D eigenvalue weighted by molar-refractivity contribution is 7.17. The second kappa shape index (κ2) is 6.30. The van der Waals surface area contributed by atoms with Crippen LogP contribution in [0.1, 0.15) is 9.67 Å². The number of nitrogens with zero attached hydrogens (tertiary/aromatic N) is 1. The number of thiophene rings is 1. The lowest BCUT2D eigenvalue weighted by Gasteiger charge is -2.06. The highest BCUT2D eigenvalue weighted by atomic mass is 35.5. The van der Waals surface area contributed by atoms with Gasteiger partial charge in [-0.25, -0.2) is 4.79 Å². The number of methoxy groups -OCH3 is 1. The first-order valence-corrected chi connectivity index (χ1v) is 7.08. The number of rotatable bonds is 4. The van der Waals surface area contributed by atoms with Crippen LogP contribution in [0.3, 0.4) is 0 Å². The first-order chi connectivity index (χ1) is 9.92. The van der Waals surface area contributed by atoms with E-state index in [9.17, 15) is 14.9 Å². The molecule has 0 aliphatic heterocycles. The van der Waals surface area contributed by atoms with Gasteiger partial charge in [-0.1, -0.05) is 34.5 Å². The lowest BCUT2D eigenvalue weighted by molar-refractivity contribution is -0.379. The molecule has 0 bridgehead atoms. The smallest absolute Gasteiger partial charge is 0.348 e. The monoisotopic (exact) mass is 346 g/mol. The van der Waals surface area contributed by atoms with E-state index in [1.165, 1.54) is 19.2 Å². The molecule has 0 saturated carbocycles. The van der Waals surface area contributed by atoms with Gasteiger partial charge in [0.1, 0.15) is 10.6 Å². The second-order valence-corrected chi connectivity index (χ2v) is 5.70. The number of anilines is 2. The highest BCUT2D eigenvalue weighted by Crippen LogP contribution is 2.38. The maximum Gasteiger partial charge on any atom is 0.348 e. The van der Waals surface area contributed by atoms with E-state index in [1.54, 1.807) is 12.1 Å². The molecule has 0 aliphatic rings. The third-order valence-electron chi connectivity index (χ3n) is 2.47. The summed E-state index contributed by atoms with van der Waals surface area (Å²) in [5, 5.41) is 14.4. The third-order valence-corrected chi connectivity index (χ3v) is 4.08. The van der Waals surface area contributed by atoms with Crippen LogP contribution in [0.4, 0.5) is 16.4 Å². The summed E-state index contributed by atoms with van der Waals surface area (Å²) >= 11 is 12.5. The summed E-state index contributed by atoms with van der Waals surface area (Å²) < 4.78 is 4.55. The molecule has 9 heteroatoms. The molecule has 0 spiro atoms. The largest absolute Gasteiger partial charge is 0.465 e. The highest BCUT2D eigenvalue weighted by Gasteiger charge is 2.23. The van der Waals surface area contributed by atoms with E-state index < -0.39 is 10.9 Å². The number of carbonyl (C=O) groups is 1. The maximum absolute atomic E-state index is 11.5. The van der Waals surface area contributed by atoms with Gasteiger partial charge in [0.05, 0.1) is 22.7 Å². The van der Waals surface area contributed by atoms with E-state index in [4.69, 9.17) is 23.2 Å². The van der Waals surface area contributed by atoms with Crippen LogP contribution in [0.25, 0.3) is 0 Å². The summed E-state index contributed by atoms with van der Waals surface area (Å²) in [5.74, 6) is -0.640. The molecule has 1 heterocycles. The average molecular weight is 347 g/mol. The van der Waals surface area contributed by atoms with Gasteiger partial charge in [0.2, 0.25) is 0 Å². The first kappa shape index (κ1) is 15.6. The molecular weight excluding hydrogens is 339 g/mol. The van der Waals surface area contributed by atoms with Gasteiger partial charge in [-0.15, -0.1) is 0 Å². The predicted molar refractivity (Wildman–Crippen MR) is 82.1 cm³/mol. The van der Waals surface area contributed by atoms with Crippen molar-refractivity contribution in [2.24, 2.45) is 0 Å². The molecular formula is C12H8Cl2N2O4S. The van der Waals surface area contributed by atoms with E-state index in [-0.39, 0.29) is 15.6 Å². The Bertz CT molecular complexity index is 717. The zero-order valence-corrected chi connectivity index (χ0v) is 12.9. The van der Waals surface area contributed by atoms with Crippen LogP contribution in [0.5, 0.6) is 0 Å². The van der Waals surface area contributed by atoms with Crippen LogP contribution in [0, 0.1) is 10.1 Å². The first-order valence-electron chi connectivity index (χ1n) is 5.51. The Kier molecular flexibility index (Phi) is 4.66. The lowest BCUT2D eigenvalue weighted by atomic mass is 10.3. The number of nitrogens with one attached hydrogen (secondary N) is 1. The predicted octanol–water partition coefficient (Wildman–Crippen LogP) is 4.49. The van der Waals surface area contributed by atoms with Crippen molar-refractivity contribution in [2.45, 2.75) is 0 Å². The van der Waals surface area contributed by atoms with Crippen LogP contribution >= 0.6 is 34.5 Å². The van der Waals surface area contributed by atoms with Crippen molar-refractivity contribution in [2.75, 3.05) is 12.4 Å². The number of esters is 1. The fourth-order valence-electron chi connectivity index (χ4n) is 1.54. The van der Waals surface area contributed by atoms with Crippen molar-refractivity contribution in [1.29, 1.82) is 0 Å². The summed E-state index contributed by atoms with van der Waals surface area (Å²) in [6.07, 6.45) is 0. The molecule has 2 rings (SSSR count). The lowest BCUT2D eigenvalue weighted by Crippen LogP contribution is -1.97. The number of hydrogen-bond donors (Lipinski definition) is 1. The topological polar surface area (TPSA) is 81.5 Å². The second-order valence-electron chi connectivity index (χ2n) is 3.83. The molecule has 0 unspecified atom stereocenters. The fraction of sp³-hybridized carbons (Fsp3) is 0.0833. The van der Waals surface area contributed by atoms with Crippen molar-refractivity contribution in [3.05, 3.63) is 49.3 Å². The minimum absolute atomic E-state index is 0.122. The van der Waals surface area contributed by atoms with Crippen LogP contribution in [0.2, 0.25) is 10.0 Å². The molecule has 2 aromatic rings. The van der Waals surface area contributed by atoms with Gasteiger partial charge in [0.25, 0.3) is 0 Å². The number of hydrogen-bond acceptors (Lipinski definition) is 6. The van der Waals surface area contributed by atoms with Gasteiger partial charge in [-0.3, -0.25) is 10.1 Å². The van der Waals surface area contributed by atoms with E-state index in [0.29, 0.717) is 15.7 Å². The zero-order chi connectivity index (χ0) is 15.6. The van der Waals surface area contributed by atoms with Crippen molar-refractivity contribution in [3.8, 4) is 0 Å². The van der Waals surface area contributed by atoms with Gasteiger partial charge in [-0.2, -0.15) is 0 Å². The van der Waals surface area contributed by atoms with Gasteiger partial charge in [0.15, 0.2) is 0 Å². The Labute approximate surface area is 133 Å². The number of benzene rings is 1. The number of nitro groups is 1. The van der Waals surface area contributed by atoms with Crippen LogP contribution in [0.15, 0.2) is 24.3 Å². The maximum atomic E-state index is 11.5. The Morgan fingerprint density at radius 2 is 2.05 bits per heavy atom. The molecule has 1 aromatic heterocycles. The molecule has 0 saturated heterocycles. The summed E-state index contributed by atoms with van der Waals surface area (Å²) in [6.45, 7) is 0. The minimum Gasteiger partial charge on any atom is -0.465 e. The van der Waals surface area contributed by atoms with Gasteiger partial charge in [-0.05, 0) is 24.3 Å². The normalized spacial score (nSPS) is 10.2. The molecule has 0 radical (unpaired) electrons. The van der Waals surface area contributed by atoms with Crippen LogP contribution in [-0.2, 0) is 4.74 Å². The molecule has 0 fully saturated rings. The Morgan fingerprint density at radius 3 is 2.62 bits per heavy atom. The van der Waals surface area contributed by atoms with Crippen molar-refractivity contribution in [1.82, 2.24) is 0 Å². The summed E-state index contributed by atoms with van der Waals surface area (Å²) in [7, 11) is 1.21. The Hall–Kier alpha value is -1.83. The third kappa shape index (κ3) is 3.44. The quantitative estimate of drug-likeness (QED) is 0.500. The molecule has 1 aromatic carbocycles. The van der Waals surface area contributed by atoms with Gasteiger partial charge >= 0.3 is 11.0 Å². The summed E-state index contributed by atoms with van der Waals surface area (Å²) in [4.78, 5) is 22.0. The van der Waals surface area contributed by atoms with Crippen molar-refractivity contribution < 1.29 is 14.5 Å². The Morgan fingerprint density at radius 1 is 1.33 bits per heavy atom. The molecule has 6 nitrogen and oxygen atoms in total. The molecule has 0 aliphatic carbocycles. The van der Waals surface area contributed by atoms with Crippen molar-refractivity contribution >= 4 is 56.9 Å². The molecule has 0 atom stereocenters. The van der Waals surface area contributed by atoms with Crippen LogP contribution < -0.4 is 5.32 Å². The molecule has 110 valence electrons. The number of halogens is 2. The fourth-order valence-corrected chi connectivity index (χ4v) is 2.85. The SMILES string of the molecule is COC(=O)c1cc(Nc2ccc(Cl)cc2Cl)c([N+](=O)[O-])s1. The molecule has 0 amide bonds. The zero-order valence-electron chi connectivity index (χ0n) is 10.6. The van der Waals surface area contributed by atoms with E-state index in [1.807, 2.05) is 0 Å². The minimum atomic E-state index is -0.640. The van der Waals surface area contributed by atoms with Gasteiger partial charge in [0, 0.05) is 5.02 Å². The average Bonchev–Trinajstić information content (AvgIpc) is 2.85. The van der Waals surface area contributed by atoms with Crippen molar-refractivity contribution in [3.63, 3.8) is 0 Å². The number of carbonyl (C=O) groups excluding carboxylic acids is 1. The standard InChI is InChI=1S/C12H8Cl2N2O4S/c1-20-12(17)10-5-9(11(21-10)16(18)19)15-8-3-2-6(13)4-7(8)14/h2-5,15H,1H3. The molecule has 1 N–H and O–H groups in total. The summed E-state index contributed by atoms with van der Waals surface area (Å²) in [6, 6.07) is 6.03. The summed E-state index contributed by atoms with van der Waals surface area (Å²) in [5.41, 5.74) is 0.605. The van der Waals surface area contributed by atoms with Gasteiger partial charge < -0.3 is 10.1 Å². The molecule has 21 heavy (non-hydrogen) atoms. The van der Waals surface area contributed by atoms with Crippen LogP contribution in [-0.4, -0.2) is 18.0 Å².